The fraction of sp³-hybridized carbons (Fsp3) is 0.564. The third-order valence-electron chi connectivity index (χ3n) is 12.0. The van der Waals surface area contributed by atoms with E-state index in [1.807, 2.05) is 18.0 Å². The molecule has 0 amide bonds. The Labute approximate surface area is 517 Å². The highest BCUT2D eigenvalue weighted by molar-refractivity contribution is 6.31. The summed E-state index contributed by atoms with van der Waals surface area (Å²) in [7, 11) is 3.61. The number of nitrogens with two attached hydrogens (primary N) is 2. The van der Waals surface area contributed by atoms with Gasteiger partial charge in [0.1, 0.15) is 34.1 Å². The number of likely N-dealkylation sites (N-methyl/N-ethyl adjacent to an activating group) is 1. The molecule has 4 rings (SSSR count). The van der Waals surface area contributed by atoms with Crippen LogP contribution in [0.3, 0.4) is 0 Å². The van der Waals surface area contributed by atoms with Gasteiger partial charge in [-0.2, -0.15) is 0 Å². The maximum absolute atomic E-state index is 11.4. The second-order valence-electron chi connectivity index (χ2n) is 18.9. The first-order valence-corrected chi connectivity index (χ1v) is 29.4. The van der Waals surface area contributed by atoms with Gasteiger partial charge in [0.25, 0.3) is 11.4 Å². The second-order valence-corrected chi connectivity index (χ2v) is 19.8. The van der Waals surface area contributed by atoms with Crippen molar-refractivity contribution in [2.24, 2.45) is 5.73 Å². The number of halogens is 2. The standard InChI is InChI=1S/C16H26ClN3O4.C14H22ClN3O6.C13H22N4O3.C12H21N5O2/c17-13-11-14(18-7-3-1-5-9-21)16(20(23)24)15(12-13)19-8-4-2-6-10-22;15-11-9-12(16-1-5-23-7-3-19)14(18(21)22)13(10-11)17-2-6-24-8-4-20;1-14-12-5-4-11(10-13(12)17(19)20)15-6-3-7-16(2)8-9-18;13-5-1-6-15-7-2-8-16-11-4-3-10(14)9-12(11)17(18)19/h11-12,18-19,21-22H,1-10H2;9-10,16-17,19-20H,1-8H2;4-5,10,14-15,18H,3,6-9H2,1-2H3;3-4,9,15-16H,1-2,5-8,13-14H2. The zero-order valence-electron chi connectivity index (χ0n) is 49.7. The van der Waals surface area contributed by atoms with E-state index in [0.717, 1.165) is 89.7 Å². The Morgan fingerprint density at radius 3 is 1.37 bits per heavy atom. The molecule has 0 heterocycles. The van der Waals surface area contributed by atoms with E-state index in [-0.39, 0.29) is 80.4 Å². The van der Waals surface area contributed by atoms with Crippen LogP contribution in [0.5, 0.6) is 0 Å². The molecule has 4 aromatic carbocycles. The molecular weight excluding hydrogens is 1180 g/mol. The van der Waals surface area contributed by atoms with Gasteiger partial charge in [0.15, 0.2) is 0 Å². The van der Waals surface area contributed by atoms with Crippen molar-refractivity contribution < 1.29 is 54.7 Å². The number of nitro groups is 4. The predicted octanol–water partition coefficient (Wildman–Crippen LogP) is 6.77. The average Bonchev–Trinajstić information content (AvgIpc) is 3.55. The molecule has 0 radical (unpaired) electrons. The number of hydrogen-bond acceptors (Lipinski definition) is 26. The number of nitrogens with zero attached hydrogens (tertiary/aromatic N) is 5. The molecule has 0 fully saturated rings. The summed E-state index contributed by atoms with van der Waals surface area (Å²) >= 11 is 12.1. The van der Waals surface area contributed by atoms with Gasteiger partial charge in [0.05, 0.1) is 65.9 Å². The molecule has 0 spiro atoms. The van der Waals surface area contributed by atoms with E-state index in [2.05, 4.69) is 42.5 Å². The molecule has 490 valence electrons. The molecule has 32 heteroatoms. The molecule has 0 bridgehead atoms. The summed E-state index contributed by atoms with van der Waals surface area (Å²) in [6.07, 6.45) is 7.52. The minimum atomic E-state index is -0.496. The lowest BCUT2D eigenvalue weighted by Crippen LogP contribution is -2.24. The summed E-state index contributed by atoms with van der Waals surface area (Å²) in [6.45, 7) is 8.49. The third-order valence-corrected chi connectivity index (χ3v) is 12.5. The van der Waals surface area contributed by atoms with Gasteiger partial charge in [-0.15, -0.1) is 0 Å². The third kappa shape index (κ3) is 34.9. The van der Waals surface area contributed by atoms with Gasteiger partial charge in [-0.05, 0) is 140 Å². The Balaban J connectivity index is 0.000000583. The SMILES string of the molecule is CNc1ccc(NCCCN(C)CCO)cc1[N+](=O)[O-].NCCCNCCCNc1ccc(N)cc1[N+](=O)[O-].O=[N+]([O-])c1c(NCCCCCO)cc(Cl)cc1NCCCCCO.O=[N+]([O-])c1c(NCCOCCO)cc(Cl)cc1NCCOCCO. The molecule has 0 unspecified atom stereocenters. The van der Waals surface area contributed by atoms with Gasteiger partial charge in [0, 0.05) is 99.6 Å². The molecule has 0 saturated carbocycles. The Bertz CT molecular complexity index is 2410. The lowest BCUT2D eigenvalue weighted by atomic mass is 10.2. The molecule has 0 aliphatic rings. The second kappa shape index (κ2) is 49.1. The molecule has 17 N–H and O–H groups in total. The van der Waals surface area contributed by atoms with Crippen LogP contribution in [0.25, 0.3) is 0 Å². The first kappa shape index (κ1) is 78.1. The van der Waals surface area contributed by atoms with Crippen LogP contribution >= 0.6 is 23.2 Å². The zero-order chi connectivity index (χ0) is 64.6. The first-order valence-electron chi connectivity index (χ1n) is 28.6. The van der Waals surface area contributed by atoms with Crippen molar-refractivity contribution in [3.8, 4) is 0 Å². The Morgan fingerprint density at radius 2 is 0.920 bits per heavy atom. The highest BCUT2D eigenvalue weighted by Crippen LogP contribution is 2.38. The maximum atomic E-state index is 11.4. The van der Waals surface area contributed by atoms with Gasteiger partial charge < -0.3 is 93.9 Å². The smallest absolute Gasteiger partial charge is 0.315 e. The number of nitro benzene ring substituents is 4. The molecule has 0 aromatic heterocycles. The summed E-state index contributed by atoms with van der Waals surface area (Å²) in [4.78, 5) is 44.9. The highest BCUT2D eigenvalue weighted by Gasteiger charge is 2.23. The van der Waals surface area contributed by atoms with Crippen molar-refractivity contribution in [3.05, 3.63) is 111 Å². The summed E-state index contributed by atoms with van der Waals surface area (Å²) in [6, 6.07) is 15.7. The van der Waals surface area contributed by atoms with Crippen molar-refractivity contribution in [3.63, 3.8) is 0 Å². The number of nitrogens with one attached hydrogen (secondary N) is 8. The van der Waals surface area contributed by atoms with E-state index in [0.29, 0.717) is 97.5 Å². The van der Waals surface area contributed by atoms with Crippen LogP contribution < -0.4 is 54.0 Å². The molecule has 0 aliphatic carbocycles. The van der Waals surface area contributed by atoms with Gasteiger partial charge >= 0.3 is 11.4 Å². The Kier molecular flexibility index (Phi) is 44.1. The van der Waals surface area contributed by atoms with Crippen molar-refractivity contribution in [1.29, 1.82) is 0 Å². The van der Waals surface area contributed by atoms with E-state index >= 15 is 0 Å². The summed E-state index contributed by atoms with van der Waals surface area (Å²) in [5.41, 5.74) is 14.3. The van der Waals surface area contributed by atoms with Crippen molar-refractivity contribution in [2.45, 2.75) is 57.8 Å². The van der Waals surface area contributed by atoms with Gasteiger partial charge in [-0.25, -0.2) is 0 Å². The van der Waals surface area contributed by atoms with Crippen molar-refractivity contribution in [1.82, 2.24) is 10.2 Å². The summed E-state index contributed by atoms with van der Waals surface area (Å²) < 4.78 is 10.2. The molecular formula is C55H91Cl2N15O15. The average molecular weight is 1270 g/mol. The number of ether oxygens (including phenoxy) is 2. The van der Waals surface area contributed by atoms with Crippen LogP contribution in [0.15, 0.2) is 60.7 Å². The zero-order valence-corrected chi connectivity index (χ0v) is 51.3. The van der Waals surface area contributed by atoms with Crippen LogP contribution in [0.2, 0.25) is 10.0 Å². The molecule has 0 atom stereocenters. The summed E-state index contributed by atoms with van der Waals surface area (Å²) in [5, 5.41) is 113. The van der Waals surface area contributed by atoms with E-state index in [4.69, 9.17) is 69.7 Å². The minimum absolute atomic E-state index is 0.0103. The predicted molar refractivity (Wildman–Crippen MR) is 345 cm³/mol. The lowest BCUT2D eigenvalue weighted by Gasteiger charge is -2.15. The maximum Gasteiger partial charge on any atom is 0.315 e. The highest BCUT2D eigenvalue weighted by atomic mass is 35.5. The molecule has 0 saturated heterocycles. The number of aliphatic hydroxyl groups is 5. The fourth-order valence-corrected chi connectivity index (χ4v) is 8.20. The lowest BCUT2D eigenvalue weighted by molar-refractivity contribution is -0.384. The van der Waals surface area contributed by atoms with Crippen LogP contribution in [0.1, 0.15) is 57.8 Å². The number of aliphatic hydroxyl groups excluding tert-OH is 5. The monoisotopic (exact) mass is 1270 g/mol. The first-order chi connectivity index (χ1) is 41.9. The fourth-order valence-electron chi connectivity index (χ4n) is 7.76. The Hall–Kier alpha value is -6.94. The molecule has 30 nitrogen and oxygen atoms in total. The van der Waals surface area contributed by atoms with E-state index < -0.39 is 19.7 Å². The number of rotatable bonds is 44. The van der Waals surface area contributed by atoms with E-state index in [1.165, 1.54) is 24.3 Å². The van der Waals surface area contributed by atoms with Crippen molar-refractivity contribution >= 4 is 91.5 Å². The van der Waals surface area contributed by atoms with Gasteiger partial charge in [-0.3, -0.25) is 40.5 Å². The normalized spacial score (nSPS) is 10.6. The number of hydrogen-bond donors (Lipinski definition) is 15. The number of unbranched alkanes of at least 4 members (excludes halogenated alkanes) is 4. The number of benzene rings is 4. The summed E-state index contributed by atoms with van der Waals surface area (Å²) in [5.74, 6) is 0. The van der Waals surface area contributed by atoms with Crippen LogP contribution in [0.4, 0.5) is 68.2 Å². The van der Waals surface area contributed by atoms with Crippen LogP contribution in [-0.2, 0) is 9.47 Å². The van der Waals surface area contributed by atoms with Crippen LogP contribution in [-0.4, -0.2) is 196 Å². The largest absolute Gasteiger partial charge is 0.399 e. The quantitative estimate of drug-likeness (QED) is 0.00940. The Morgan fingerprint density at radius 1 is 0.471 bits per heavy atom. The molecule has 4 aromatic rings. The topological polar surface area (TPSA) is 444 Å². The molecule has 87 heavy (non-hydrogen) atoms. The number of nitrogen functional groups attached to an aromatic ring is 1. The van der Waals surface area contributed by atoms with E-state index in [9.17, 15) is 40.5 Å². The number of anilines is 8. The molecule has 0 aliphatic heterocycles. The van der Waals surface area contributed by atoms with Crippen molar-refractivity contribution in [2.75, 3.05) is 189 Å². The van der Waals surface area contributed by atoms with E-state index in [1.54, 1.807) is 37.4 Å². The minimum Gasteiger partial charge on any atom is -0.399 e. The van der Waals surface area contributed by atoms with Crippen LogP contribution in [0, 0.1) is 40.5 Å². The van der Waals surface area contributed by atoms with Gasteiger partial charge in [-0.1, -0.05) is 23.2 Å². The van der Waals surface area contributed by atoms with Gasteiger partial charge in [0.2, 0.25) is 0 Å².